The second kappa shape index (κ2) is 6.14. The van der Waals surface area contributed by atoms with Crippen molar-refractivity contribution in [3.63, 3.8) is 0 Å². The number of nitrogens with zero attached hydrogens (tertiary/aromatic N) is 1. The zero-order valence-electron chi connectivity index (χ0n) is 11.3. The van der Waals surface area contributed by atoms with E-state index in [9.17, 15) is 4.79 Å². The number of anilines is 1. The molecule has 0 unspecified atom stereocenters. The van der Waals surface area contributed by atoms with Crippen LogP contribution < -0.4 is 4.90 Å². The highest BCUT2D eigenvalue weighted by atomic mass is 32.2. The lowest BCUT2D eigenvalue weighted by atomic mass is 10.0. The van der Waals surface area contributed by atoms with Gasteiger partial charge in [0.05, 0.1) is 5.75 Å². The maximum atomic E-state index is 12.4. The summed E-state index contributed by atoms with van der Waals surface area (Å²) in [5.41, 5.74) is 2.38. The molecule has 1 aliphatic heterocycles. The Bertz CT molecular complexity index is 597. The number of hydrogen-bond acceptors (Lipinski definition) is 2. The van der Waals surface area contributed by atoms with Gasteiger partial charge in [-0.05, 0) is 36.6 Å². The molecule has 0 saturated carbocycles. The smallest absolute Gasteiger partial charge is 0.237 e. The highest BCUT2D eigenvalue weighted by Crippen LogP contribution is 2.28. The van der Waals surface area contributed by atoms with Crippen LogP contribution in [0.25, 0.3) is 0 Å². The molecule has 0 bridgehead atoms. The van der Waals surface area contributed by atoms with Crippen molar-refractivity contribution in [3.8, 4) is 0 Å². The minimum atomic E-state index is 0.200. The summed E-state index contributed by atoms with van der Waals surface area (Å²) in [5, 5.41) is 0. The van der Waals surface area contributed by atoms with Crippen molar-refractivity contribution >= 4 is 23.4 Å². The summed E-state index contributed by atoms with van der Waals surface area (Å²) < 4.78 is 0. The molecule has 1 amide bonds. The Kier molecular flexibility index (Phi) is 4.07. The Morgan fingerprint density at radius 3 is 2.65 bits per heavy atom. The summed E-state index contributed by atoms with van der Waals surface area (Å²) in [7, 11) is 0. The third-order valence-corrected chi connectivity index (χ3v) is 4.51. The molecule has 0 aliphatic carbocycles. The quantitative estimate of drug-likeness (QED) is 0.799. The number of fused-ring (bicyclic) bond motifs is 1. The highest BCUT2D eigenvalue weighted by Gasteiger charge is 2.21. The van der Waals surface area contributed by atoms with Crippen LogP contribution in [-0.4, -0.2) is 18.2 Å². The van der Waals surface area contributed by atoms with E-state index in [1.807, 2.05) is 47.4 Å². The van der Waals surface area contributed by atoms with Crippen LogP contribution >= 0.6 is 11.8 Å². The van der Waals surface area contributed by atoms with E-state index in [0.29, 0.717) is 5.75 Å². The molecule has 0 spiro atoms. The Hall–Kier alpha value is -1.74. The van der Waals surface area contributed by atoms with Crippen LogP contribution in [0.4, 0.5) is 5.69 Å². The molecule has 0 N–H and O–H groups in total. The molecule has 1 aliphatic rings. The first-order valence-corrected chi connectivity index (χ1v) is 7.89. The number of benzene rings is 2. The maximum Gasteiger partial charge on any atom is 0.237 e. The van der Waals surface area contributed by atoms with E-state index in [1.54, 1.807) is 11.8 Å². The zero-order chi connectivity index (χ0) is 13.8. The van der Waals surface area contributed by atoms with Gasteiger partial charge in [0.15, 0.2) is 0 Å². The van der Waals surface area contributed by atoms with Crippen LogP contribution in [0.1, 0.15) is 12.0 Å². The molecule has 0 atom stereocenters. The van der Waals surface area contributed by atoms with Gasteiger partial charge in [-0.25, -0.2) is 0 Å². The largest absolute Gasteiger partial charge is 0.311 e. The van der Waals surface area contributed by atoms with Crippen LogP contribution in [0.3, 0.4) is 0 Å². The molecule has 2 nitrogen and oxygen atoms in total. The Balaban J connectivity index is 1.69. The van der Waals surface area contributed by atoms with E-state index in [1.165, 1.54) is 5.56 Å². The summed E-state index contributed by atoms with van der Waals surface area (Å²) in [6, 6.07) is 18.3. The van der Waals surface area contributed by atoms with Gasteiger partial charge in [0, 0.05) is 17.1 Å². The van der Waals surface area contributed by atoms with Crippen LogP contribution in [0.15, 0.2) is 59.5 Å². The molecule has 2 aromatic carbocycles. The van der Waals surface area contributed by atoms with Gasteiger partial charge >= 0.3 is 0 Å². The number of aryl methyl sites for hydroxylation is 1. The van der Waals surface area contributed by atoms with E-state index in [-0.39, 0.29) is 5.91 Å². The summed E-state index contributed by atoms with van der Waals surface area (Å²) in [6.45, 7) is 0.838. The lowest BCUT2D eigenvalue weighted by Crippen LogP contribution is -2.36. The normalized spacial score (nSPS) is 13.9. The number of amides is 1. The number of carbonyl (C=O) groups is 1. The first-order valence-electron chi connectivity index (χ1n) is 6.91. The fourth-order valence-corrected chi connectivity index (χ4v) is 3.33. The van der Waals surface area contributed by atoms with E-state index >= 15 is 0 Å². The molecular formula is C17H17NOS. The van der Waals surface area contributed by atoms with Crippen molar-refractivity contribution in [2.45, 2.75) is 17.7 Å². The molecule has 3 rings (SSSR count). The molecule has 0 fully saturated rings. The van der Waals surface area contributed by atoms with Crippen LogP contribution in [-0.2, 0) is 11.2 Å². The highest BCUT2D eigenvalue weighted by molar-refractivity contribution is 8.00. The van der Waals surface area contributed by atoms with Crippen LogP contribution in [0, 0.1) is 0 Å². The van der Waals surface area contributed by atoms with Gasteiger partial charge in [0.1, 0.15) is 0 Å². The van der Waals surface area contributed by atoms with Gasteiger partial charge in [0.2, 0.25) is 5.91 Å². The van der Waals surface area contributed by atoms with Gasteiger partial charge in [-0.1, -0.05) is 36.4 Å². The summed E-state index contributed by atoms with van der Waals surface area (Å²) >= 11 is 1.61. The first kappa shape index (κ1) is 13.3. The fourth-order valence-electron chi connectivity index (χ4n) is 2.53. The fraction of sp³-hybridized carbons (Fsp3) is 0.235. The van der Waals surface area contributed by atoms with Crippen molar-refractivity contribution < 1.29 is 4.79 Å². The predicted molar refractivity (Wildman–Crippen MR) is 84.3 cm³/mol. The number of rotatable bonds is 3. The summed E-state index contributed by atoms with van der Waals surface area (Å²) in [6.07, 6.45) is 2.13. The molecule has 1 heterocycles. The van der Waals surface area contributed by atoms with Crippen LogP contribution in [0.2, 0.25) is 0 Å². The zero-order valence-corrected chi connectivity index (χ0v) is 12.1. The van der Waals surface area contributed by atoms with Crippen molar-refractivity contribution in [1.82, 2.24) is 0 Å². The number of carbonyl (C=O) groups excluding carboxylic acids is 1. The second-order valence-electron chi connectivity index (χ2n) is 4.88. The molecule has 0 saturated heterocycles. The monoisotopic (exact) mass is 283 g/mol. The summed E-state index contributed by atoms with van der Waals surface area (Å²) in [5.74, 6) is 0.698. The lowest BCUT2D eigenvalue weighted by Gasteiger charge is -2.29. The second-order valence-corrected chi connectivity index (χ2v) is 5.93. The van der Waals surface area contributed by atoms with Crippen molar-refractivity contribution in [2.24, 2.45) is 0 Å². The third kappa shape index (κ3) is 2.88. The van der Waals surface area contributed by atoms with Gasteiger partial charge in [-0.15, -0.1) is 11.8 Å². The average molecular weight is 283 g/mol. The Labute approximate surface area is 123 Å². The summed E-state index contributed by atoms with van der Waals surface area (Å²) in [4.78, 5) is 15.5. The molecule has 3 heteroatoms. The lowest BCUT2D eigenvalue weighted by molar-refractivity contribution is -0.116. The molecule has 0 aromatic heterocycles. The van der Waals surface area contributed by atoms with E-state index in [0.717, 1.165) is 30.0 Å². The Morgan fingerprint density at radius 2 is 1.80 bits per heavy atom. The third-order valence-electron chi connectivity index (χ3n) is 3.52. The molecule has 2 aromatic rings. The van der Waals surface area contributed by atoms with E-state index < -0.39 is 0 Å². The Morgan fingerprint density at radius 1 is 1.05 bits per heavy atom. The average Bonchev–Trinajstić information content (AvgIpc) is 2.53. The molecule has 0 radical (unpaired) electrons. The topological polar surface area (TPSA) is 20.3 Å². The molecule has 102 valence electrons. The first-order chi connectivity index (χ1) is 9.84. The van der Waals surface area contributed by atoms with Gasteiger partial charge in [-0.2, -0.15) is 0 Å². The SMILES string of the molecule is O=C(CSc1ccccc1)N1CCCc2ccccc21. The van der Waals surface area contributed by atoms with Crippen molar-refractivity contribution in [2.75, 3.05) is 17.2 Å². The maximum absolute atomic E-state index is 12.4. The molecular weight excluding hydrogens is 266 g/mol. The van der Waals surface area contributed by atoms with Gasteiger partial charge in [-0.3, -0.25) is 4.79 Å². The van der Waals surface area contributed by atoms with Crippen molar-refractivity contribution in [1.29, 1.82) is 0 Å². The number of thioether (sulfide) groups is 1. The van der Waals surface area contributed by atoms with Crippen LogP contribution in [0.5, 0.6) is 0 Å². The number of hydrogen-bond donors (Lipinski definition) is 0. The predicted octanol–water partition coefficient (Wildman–Crippen LogP) is 3.76. The van der Waals surface area contributed by atoms with Crippen molar-refractivity contribution in [3.05, 3.63) is 60.2 Å². The molecule has 20 heavy (non-hydrogen) atoms. The van der Waals surface area contributed by atoms with E-state index in [2.05, 4.69) is 12.1 Å². The standard InChI is InChI=1S/C17H17NOS/c19-17(13-20-15-9-2-1-3-10-15)18-12-6-8-14-7-4-5-11-16(14)18/h1-5,7,9-11H,6,8,12-13H2. The van der Waals surface area contributed by atoms with Gasteiger partial charge < -0.3 is 4.90 Å². The number of para-hydroxylation sites is 1. The minimum absolute atomic E-state index is 0.200. The van der Waals surface area contributed by atoms with E-state index in [4.69, 9.17) is 0 Å². The van der Waals surface area contributed by atoms with Gasteiger partial charge in [0.25, 0.3) is 0 Å². The minimum Gasteiger partial charge on any atom is -0.311 e.